The van der Waals surface area contributed by atoms with Gasteiger partial charge in [-0.15, -0.1) is 0 Å². The van der Waals surface area contributed by atoms with Gasteiger partial charge >= 0.3 is 0 Å². The van der Waals surface area contributed by atoms with Gasteiger partial charge in [-0.25, -0.2) is 0 Å². The van der Waals surface area contributed by atoms with Crippen molar-refractivity contribution >= 4 is 5.78 Å². The molecule has 5 aliphatic carbocycles. The molecule has 0 bridgehead atoms. The largest absolute Gasteiger partial charge is 0.385 e. The molecule has 2 nitrogen and oxygen atoms in total. The van der Waals surface area contributed by atoms with Gasteiger partial charge in [0.25, 0.3) is 0 Å². The fourth-order valence-corrected chi connectivity index (χ4v) is 11.4. The van der Waals surface area contributed by atoms with Crippen molar-refractivity contribution in [2.75, 3.05) is 0 Å². The van der Waals surface area contributed by atoms with Crippen LogP contribution in [-0.2, 0) is 4.79 Å². The van der Waals surface area contributed by atoms with Crippen molar-refractivity contribution in [3.8, 4) is 0 Å². The predicted octanol–water partition coefficient (Wildman–Crippen LogP) is 7.20. The molecule has 0 aromatic heterocycles. The summed E-state index contributed by atoms with van der Waals surface area (Å²) in [5, 5.41) is 10.8. The molecule has 1 N–H and O–H groups in total. The summed E-state index contributed by atoms with van der Waals surface area (Å²) in [6, 6.07) is 0. The lowest BCUT2D eigenvalue weighted by Gasteiger charge is -2.72. The molecular formula is C30H48O2. The Balaban J connectivity index is 1.56. The van der Waals surface area contributed by atoms with Crippen LogP contribution in [0.3, 0.4) is 0 Å². The van der Waals surface area contributed by atoms with E-state index in [0.717, 1.165) is 18.3 Å². The Morgan fingerprint density at radius 2 is 1.56 bits per heavy atom. The van der Waals surface area contributed by atoms with Crippen molar-refractivity contribution in [2.24, 2.45) is 56.7 Å². The fraction of sp³-hybridized carbons (Fsp3) is 0.900. The second-order valence-electron chi connectivity index (χ2n) is 14.7. The van der Waals surface area contributed by atoms with Gasteiger partial charge in [0.15, 0.2) is 5.78 Å². The van der Waals surface area contributed by atoms with Crippen LogP contribution in [0.1, 0.15) is 106 Å². The number of fused-ring (bicyclic) bond motifs is 7. The third kappa shape index (κ3) is 2.60. The van der Waals surface area contributed by atoms with Gasteiger partial charge in [0, 0.05) is 11.8 Å². The molecule has 2 heteroatoms. The van der Waals surface area contributed by atoms with Crippen molar-refractivity contribution in [1.29, 1.82) is 0 Å². The first kappa shape index (κ1) is 23.1. The van der Waals surface area contributed by atoms with E-state index in [-0.39, 0.29) is 22.0 Å². The first-order chi connectivity index (χ1) is 14.7. The van der Waals surface area contributed by atoms with Gasteiger partial charge in [0.1, 0.15) is 6.10 Å². The molecule has 10 unspecified atom stereocenters. The summed E-state index contributed by atoms with van der Waals surface area (Å²) in [7, 11) is 0. The molecule has 180 valence electrons. The standard InChI is InChI=1S/C30H48O2/c1-18(2)19-11-13-27(5)15-16-29(7)20(24(19)27)9-10-23-28(6)17-21(31)25(32)26(3,4)22(28)12-14-30(23,29)8/h19-20,22-25,32H,1,9-17H2,2-8H3. The number of allylic oxidation sites excluding steroid dienone is 1. The van der Waals surface area contributed by atoms with E-state index in [1.165, 1.54) is 50.5 Å². The molecule has 5 aliphatic rings. The highest BCUT2D eigenvalue weighted by molar-refractivity contribution is 5.85. The molecule has 32 heavy (non-hydrogen) atoms. The normalized spacial score (nSPS) is 56.6. The van der Waals surface area contributed by atoms with Crippen molar-refractivity contribution in [1.82, 2.24) is 0 Å². The molecule has 0 aromatic carbocycles. The van der Waals surface area contributed by atoms with Gasteiger partial charge in [-0.3, -0.25) is 4.79 Å². The minimum atomic E-state index is -0.790. The molecule has 5 saturated carbocycles. The number of ketones is 1. The van der Waals surface area contributed by atoms with Gasteiger partial charge in [0.05, 0.1) is 0 Å². The summed E-state index contributed by atoms with van der Waals surface area (Å²) in [4.78, 5) is 13.1. The van der Waals surface area contributed by atoms with Gasteiger partial charge < -0.3 is 5.11 Å². The zero-order valence-electron chi connectivity index (χ0n) is 21.9. The number of Topliss-reactive ketones (excluding diaryl/α,β-unsaturated/α-hetero) is 1. The van der Waals surface area contributed by atoms with E-state index in [1.807, 2.05) is 0 Å². The maximum atomic E-state index is 13.1. The number of aliphatic hydroxyl groups excluding tert-OH is 1. The van der Waals surface area contributed by atoms with Crippen LogP contribution in [0.5, 0.6) is 0 Å². The van der Waals surface area contributed by atoms with Gasteiger partial charge in [-0.2, -0.15) is 0 Å². The Morgan fingerprint density at radius 3 is 2.22 bits per heavy atom. The van der Waals surface area contributed by atoms with E-state index in [1.54, 1.807) is 0 Å². The molecule has 5 rings (SSSR count). The number of rotatable bonds is 1. The molecule has 10 atom stereocenters. The maximum absolute atomic E-state index is 13.1. The summed E-state index contributed by atoms with van der Waals surface area (Å²) in [6.45, 7) is 21.4. The lowest BCUT2D eigenvalue weighted by atomic mass is 9.32. The van der Waals surface area contributed by atoms with Crippen LogP contribution < -0.4 is 0 Å². The van der Waals surface area contributed by atoms with E-state index in [9.17, 15) is 9.90 Å². The first-order valence-corrected chi connectivity index (χ1v) is 13.6. The lowest BCUT2D eigenvalue weighted by molar-refractivity contribution is -0.241. The second kappa shape index (κ2) is 6.73. The predicted molar refractivity (Wildman–Crippen MR) is 131 cm³/mol. The van der Waals surface area contributed by atoms with Gasteiger partial charge in [-0.1, -0.05) is 53.7 Å². The molecule has 0 radical (unpaired) electrons. The molecular weight excluding hydrogens is 392 g/mol. The van der Waals surface area contributed by atoms with Crippen LogP contribution >= 0.6 is 0 Å². The Labute approximate surface area is 197 Å². The van der Waals surface area contributed by atoms with Crippen molar-refractivity contribution < 1.29 is 9.90 Å². The molecule has 0 amide bonds. The van der Waals surface area contributed by atoms with Crippen LogP contribution in [0.25, 0.3) is 0 Å². The maximum Gasteiger partial charge on any atom is 0.162 e. The Bertz CT molecular complexity index is 842. The SMILES string of the molecule is C=C(C)C1CCC2(C)CCC3(C)C(CCC4C5(C)CC(=O)C(O)C(C)(C)C5CCC43C)C12. The van der Waals surface area contributed by atoms with Crippen molar-refractivity contribution in [2.45, 2.75) is 112 Å². The highest BCUT2D eigenvalue weighted by atomic mass is 16.3. The minimum Gasteiger partial charge on any atom is -0.385 e. The van der Waals surface area contributed by atoms with E-state index in [0.29, 0.717) is 35.0 Å². The van der Waals surface area contributed by atoms with Crippen LogP contribution in [-0.4, -0.2) is 17.0 Å². The number of hydrogen-bond donors (Lipinski definition) is 1. The summed E-state index contributed by atoms with van der Waals surface area (Å²) in [5.41, 5.74) is 2.24. The molecule has 0 aliphatic heterocycles. The van der Waals surface area contributed by atoms with Crippen LogP contribution in [0.4, 0.5) is 0 Å². The summed E-state index contributed by atoms with van der Waals surface area (Å²) in [5.74, 6) is 3.38. The summed E-state index contributed by atoms with van der Waals surface area (Å²) in [6.07, 6.45) is 10.2. The van der Waals surface area contributed by atoms with E-state index >= 15 is 0 Å². The number of hydrogen-bond acceptors (Lipinski definition) is 2. The Hall–Kier alpha value is -0.630. The van der Waals surface area contributed by atoms with Crippen molar-refractivity contribution in [3.05, 3.63) is 12.2 Å². The zero-order chi connectivity index (χ0) is 23.5. The molecule has 0 saturated heterocycles. The molecule has 5 fully saturated rings. The van der Waals surface area contributed by atoms with Crippen LogP contribution in [0, 0.1) is 56.7 Å². The van der Waals surface area contributed by atoms with E-state index < -0.39 is 6.10 Å². The average molecular weight is 441 g/mol. The lowest BCUT2D eigenvalue weighted by Crippen LogP contribution is -2.67. The number of carbonyl (C=O) groups is 1. The topological polar surface area (TPSA) is 37.3 Å². The number of aliphatic hydroxyl groups is 1. The molecule has 0 spiro atoms. The second-order valence-corrected chi connectivity index (χ2v) is 14.7. The van der Waals surface area contributed by atoms with Gasteiger partial charge in [-0.05, 0) is 110 Å². The minimum absolute atomic E-state index is 0.0188. The van der Waals surface area contributed by atoms with Gasteiger partial charge in [0.2, 0.25) is 0 Å². The molecule has 0 heterocycles. The van der Waals surface area contributed by atoms with E-state index in [2.05, 4.69) is 55.0 Å². The fourth-order valence-electron chi connectivity index (χ4n) is 11.4. The average Bonchev–Trinajstić information content (AvgIpc) is 3.05. The highest BCUT2D eigenvalue weighted by Gasteiger charge is 2.71. The third-order valence-corrected chi connectivity index (χ3v) is 13.2. The van der Waals surface area contributed by atoms with Crippen molar-refractivity contribution in [3.63, 3.8) is 0 Å². The van der Waals surface area contributed by atoms with Crippen LogP contribution in [0.15, 0.2) is 12.2 Å². The summed E-state index contributed by atoms with van der Waals surface area (Å²) >= 11 is 0. The highest BCUT2D eigenvalue weighted by Crippen LogP contribution is 2.77. The first-order valence-electron chi connectivity index (χ1n) is 13.6. The quantitative estimate of drug-likeness (QED) is 0.438. The third-order valence-electron chi connectivity index (χ3n) is 13.2. The monoisotopic (exact) mass is 440 g/mol. The number of carbonyl (C=O) groups excluding carboxylic acids is 1. The summed E-state index contributed by atoms with van der Waals surface area (Å²) < 4.78 is 0. The smallest absolute Gasteiger partial charge is 0.162 e. The Morgan fingerprint density at radius 1 is 0.875 bits per heavy atom. The molecule has 0 aromatic rings. The zero-order valence-corrected chi connectivity index (χ0v) is 21.9. The van der Waals surface area contributed by atoms with Crippen LogP contribution in [0.2, 0.25) is 0 Å². The Kier molecular flexibility index (Phi) is 4.87. The van der Waals surface area contributed by atoms with E-state index in [4.69, 9.17) is 0 Å².